The fraction of sp³-hybridized carbons (Fsp3) is 0.400. The van der Waals surface area contributed by atoms with Crippen molar-refractivity contribution in [2.45, 2.75) is 31.1 Å². The van der Waals surface area contributed by atoms with Crippen LogP contribution >= 0.6 is 0 Å². The maximum Gasteiger partial charge on any atom is 0.239 e. The van der Waals surface area contributed by atoms with Crippen LogP contribution < -0.4 is 5.14 Å². The number of aromatic nitrogens is 1. The van der Waals surface area contributed by atoms with Crippen LogP contribution in [0.2, 0.25) is 0 Å². The number of hydrogen-bond donors (Lipinski definition) is 1. The van der Waals surface area contributed by atoms with Gasteiger partial charge in [-0.25, -0.2) is 13.6 Å². The molecule has 1 atom stereocenters. The minimum absolute atomic E-state index is 0.0487. The van der Waals surface area contributed by atoms with Crippen molar-refractivity contribution in [1.29, 1.82) is 0 Å². The maximum absolute atomic E-state index is 11.4. The first-order chi connectivity index (χ1) is 7.36. The first kappa shape index (κ1) is 12.8. The van der Waals surface area contributed by atoms with E-state index in [0.717, 1.165) is 0 Å². The number of carbonyl (C=O) groups is 1. The Morgan fingerprint density at radius 1 is 1.50 bits per heavy atom. The smallest absolute Gasteiger partial charge is 0.239 e. The molecule has 0 saturated carbocycles. The second-order valence-electron chi connectivity index (χ2n) is 3.51. The number of Topliss-reactive ketones (excluding diaryl/α,β-unsaturated/α-hetero) is 1. The molecule has 0 saturated heterocycles. The van der Waals surface area contributed by atoms with E-state index in [1.54, 1.807) is 13.8 Å². The Bertz CT molecular complexity index is 479. The van der Waals surface area contributed by atoms with Gasteiger partial charge in [-0.1, -0.05) is 6.92 Å². The summed E-state index contributed by atoms with van der Waals surface area (Å²) in [6, 6.07) is 2.87. The van der Waals surface area contributed by atoms with Gasteiger partial charge in [0.05, 0.1) is 11.6 Å². The fourth-order valence-corrected chi connectivity index (χ4v) is 1.74. The normalized spacial score (nSPS) is 13.4. The lowest BCUT2D eigenvalue weighted by Gasteiger charge is -2.08. The lowest BCUT2D eigenvalue weighted by molar-refractivity contribution is -0.119. The van der Waals surface area contributed by atoms with Crippen LogP contribution in [0.5, 0.6) is 0 Å². The Labute approximate surface area is 94.7 Å². The summed E-state index contributed by atoms with van der Waals surface area (Å²) in [6.45, 7) is 3.52. The molecule has 0 aliphatic rings. The van der Waals surface area contributed by atoms with Crippen molar-refractivity contribution in [2.75, 3.05) is 0 Å². The zero-order chi connectivity index (χ0) is 12.3. The zero-order valence-corrected chi connectivity index (χ0v) is 9.99. The monoisotopic (exact) mass is 242 g/mol. The highest BCUT2D eigenvalue weighted by molar-refractivity contribution is 7.89. The van der Waals surface area contributed by atoms with Crippen LogP contribution in [-0.2, 0) is 14.8 Å². The molecule has 2 N–H and O–H groups in total. The molecular formula is C10H14N2O3S. The molecule has 0 bridgehead atoms. The lowest BCUT2D eigenvalue weighted by Crippen LogP contribution is -2.14. The van der Waals surface area contributed by atoms with E-state index in [1.807, 2.05) is 0 Å². The largest absolute Gasteiger partial charge is 0.299 e. The van der Waals surface area contributed by atoms with Gasteiger partial charge in [0.1, 0.15) is 10.7 Å². The van der Waals surface area contributed by atoms with Crippen molar-refractivity contribution in [2.24, 2.45) is 5.14 Å². The number of primary sulfonamides is 1. The van der Waals surface area contributed by atoms with E-state index in [2.05, 4.69) is 4.98 Å². The summed E-state index contributed by atoms with van der Waals surface area (Å²) in [5, 5.41) is 4.93. The first-order valence-corrected chi connectivity index (χ1v) is 6.42. The maximum atomic E-state index is 11.4. The number of pyridine rings is 1. The van der Waals surface area contributed by atoms with Crippen LogP contribution in [0.1, 0.15) is 31.9 Å². The summed E-state index contributed by atoms with van der Waals surface area (Å²) >= 11 is 0. The Kier molecular flexibility index (Phi) is 3.77. The van der Waals surface area contributed by atoms with Crippen LogP contribution in [0.4, 0.5) is 0 Å². The molecule has 0 fully saturated rings. The molecule has 16 heavy (non-hydrogen) atoms. The average Bonchev–Trinajstić information content (AvgIpc) is 2.26. The summed E-state index contributed by atoms with van der Waals surface area (Å²) < 4.78 is 21.9. The molecule has 1 aromatic rings. The van der Waals surface area contributed by atoms with Crippen molar-refractivity contribution in [1.82, 2.24) is 4.98 Å². The molecule has 1 heterocycles. The lowest BCUT2D eigenvalue weighted by atomic mass is 10.0. The summed E-state index contributed by atoms with van der Waals surface area (Å²) in [5.41, 5.74) is 0.555. The fourth-order valence-electron chi connectivity index (χ4n) is 1.29. The molecule has 1 aromatic heterocycles. The Morgan fingerprint density at radius 2 is 2.12 bits per heavy atom. The predicted octanol–water partition coefficient (Wildman–Crippen LogP) is 0.812. The van der Waals surface area contributed by atoms with Crippen molar-refractivity contribution in [3.8, 4) is 0 Å². The van der Waals surface area contributed by atoms with Crippen molar-refractivity contribution in [3.05, 3.63) is 24.0 Å². The second-order valence-corrected chi connectivity index (χ2v) is 5.07. The number of nitrogens with zero attached hydrogens (tertiary/aromatic N) is 1. The van der Waals surface area contributed by atoms with Crippen molar-refractivity contribution in [3.63, 3.8) is 0 Å². The molecule has 0 amide bonds. The number of carbonyl (C=O) groups excluding carboxylic acids is 1. The van der Waals surface area contributed by atoms with E-state index in [-0.39, 0.29) is 16.6 Å². The van der Waals surface area contributed by atoms with E-state index in [9.17, 15) is 13.2 Å². The third-order valence-corrected chi connectivity index (χ3v) is 3.26. The van der Waals surface area contributed by atoms with E-state index in [1.165, 1.54) is 18.3 Å². The molecule has 1 unspecified atom stereocenters. The SMILES string of the molecule is CCC(=O)C(C)c1ccc(S(N)(=O)=O)cn1. The van der Waals surface area contributed by atoms with Gasteiger partial charge in [-0.3, -0.25) is 9.78 Å². The van der Waals surface area contributed by atoms with Gasteiger partial charge in [0.2, 0.25) is 10.0 Å². The van der Waals surface area contributed by atoms with Crippen LogP contribution in [0.3, 0.4) is 0 Å². The highest BCUT2D eigenvalue weighted by Gasteiger charge is 2.15. The van der Waals surface area contributed by atoms with E-state index >= 15 is 0 Å². The number of hydrogen-bond acceptors (Lipinski definition) is 4. The van der Waals surface area contributed by atoms with Gasteiger partial charge < -0.3 is 0 Å². The number of nitrogens with two attached hydrogens (primary N) is 1. The number of sulfonamides is 1. The van der Waals surface area contributed by atoms with E-state index in [4.69, 9.17) is 5.14 Å². The van der Waals surface area contributed by atoms with Crippen LogP contribution in [-0.4, -0.2) is 19.2 Å². The van der Waals surface area contributed by atoms with Crippen LogP contribution in [0.25, 0.3) is 0 Å². The van der Waals surface area contributed by atoms with Crippen molar-refractivity contribution < 1.29 is 13.2 Å². The highest BCUT2D eigenvalue weighted by Crippen LogP contribution is 2.16. The van der Waals surface area contributed by atoms with Gasteiger partial charge in [-0.2, -0.15) is 0 Å². The molecule has 5 nitrogen and oxygen atoms in total. The van der Waals surface area contributed by atoms with E-state index in [0.29, 0.717) is 12.1 Å². The topological polar surface area (TPSA) is 90.1 Å². The summed E-state index contributed by atoms with van der Waals surface area (Å²) in [7, 11) is -3.72. The molecule has 0 aliphatic heterocycles. The molecule has 0 aromatic carbocycles. The van der Waals surface area contributed by atoms with Gasteiger partial charge in [0, 0.05) is 12.6 Å². The molecule has 0 spiro atoms. The quantitative estimate of drug-likeness (QED) is 0.846. The predicted molar refractivity (Wildman–Crippen MR) is 59.3 cm³/mol. The second kappa shape index (κ2) is 4.71. The van der Waals surface area contributed by atoms with Crippen molar-refractivity contribution >= 4 is 15.8 Å². The molecule has 6 heteroatoms. The molecular weight excluding hydrogens is 228 g/mol. The van der Waals surface area contributed by atoms with E-state index < -0.39 is 10.0 Å². The highest BCUT2D eigenvalue weighted by atomic mass is 32.2. The van der Waals surface area contributed by atoms with Gasteiger partial charge in [0.15, 0.2) is 0 Å². The Morgan fingerprint density at radius 3 is 2.50 bits per heavy atom. The van der Waals surface area contributed by atoms with Gasteiger partial charge in [-0.15, -0.1) is 0 Å². The van der Waals surface area contributed by atoms with Gasteiger partial charge in [0.25, 0.3) is 0 Å². The molecule has 0 radical (unpaired) electrons. The van der Waals surface area contributed by atoms with Gasteiger partial charge >= 0.3 is 0 Å². The number of rotatable bonds is 4. The minimum Gasteiger partial charge on any atom is -0.299 e. The molecule has 88 valence electrons. The molecule has 1 rings (SSSR count). The zero-order valence-electron chi connectivity index (χ0n) is 9.17. The minimum atomic E-state index is -3.72. The third kappa shape index (κ3) is 2.86. The van der Waals surface area contributed by atoms with Crippen LogP contribution in [0.15, 0.2) is 23.2 Å². The average molecular weight is 242 g/mol. The summed E-state index contributed by atoms with van der Waals surface area (Å²) in [5.74, 6) is -0.254. The Hall–Kier alpha value is -1.27. The Balaban J connectivity index is 3.00. The standard InChI is InChI=1S/C10H14N2O3S/c1-3-10(13)7(2)9-5-4-8(6-12-9)16(11,14)15/h4-7H,3H2,1-2H3,(H2,11,14,15). The molecule has 0 aliphatic carbocycles. The summed E-state index contributed by atoms with van der Waals surface area (Å²) in [6.07, 6.45) is 1.60. The van der Waals surface area contributed by atoms with Gasteiger partial charge in [-0.05, 0) is 19.1 Å². The third-order valence-electron chi connectivity index (χ3n) is 2.36. The summed E-state index contributed by atoms with van der Waals surface area (Å²) in [4.78, 5) is 15.3. The number of ketones is 1. The first-order valence-electron chi connectivity index (χ1n) is 4.87. The van der Waals surface area contributed by atoms with Crippen LogP contribution in [0, 0.1) is 0 Å².